The Morgan fingerprint density at radius 2 is 1.85 bits per heavy atom. The molecule has 1 aliphatic rings. The van der Waals surface area contributed by atoms with Crippen molar-refractivity contribution >= 4 is 74.2 Å². The van der Waals surface area contributed by atoms with Gasteiger partial charge in [0.2, 0.25) is 0 Å². The van der Waals surface area contributed by atoms with Gasteiger partial charge in [-0.05, 0) is 106 Å². The summed E-state index contributed by atoms with van der Waals surface area (Å²) in [4.78, 5) is 33.0. The molecule has 41 heavy (non-hydrogen) atoms. The van der Waals surface area contributed by atoms with Crippen LogP contribution in [0.3, 0.4) is 0 Å². The number of nitrogens with zero attached hydrogens (tertiary/aromatic N) is 2. The Balaban J connectivity index is 1.65. The van der Waals surface area contributed by atoms with Crippen LogP contribution in [-0.4, -0.2) is 24.2 Å². The first-order valence-electron chi connectivity index (χ1n) is 12.6. The molecule has 5 rings (SSSR count). The maximum absolute atomic E-state index is 14.0. The molecule has 0 fully saturated rings. The summed E-state index contributed by atoms with van der Waals surface area (Å²) in [6.45, 7) is 5.93. The Kier molecular flexibility index (Phi) is 9.09. The molecule has 1 aliphatic heterocycles. The predicted octanol–water partition coefficient (Wildman–Crippen LogP) is 5.66. The Morgan fingerprint density at radius 3 is 2.54 bits per heavy atom. The number of amides is 1. The average Bonchev–Trinajstić information content (AvgIpc) is 3.26. The van der Waals surface area contributed by atoms with Gasteiger partial charge in [-0.1, -0.05) is 54.3 Å². The highest BCUT2D eigenvalue weighted by molar-refractivity contribution is 14.1. The van der Waals surface area contributed by atoms with Gasteiger partial charge in [0.25, 0.3) is 11.5 Å². The number of allylic oxidation sites excluding steroid dienone is 1. The minimum atomic E-state index is -0.692. The molecule has 208 valence electrons. The van der Waals surface area contributed by atoms with Crippen molar-refractivity contribution in [3.05, 3.63) is 129 Å². The van der Waals surface area contributed by atoms with Crippen LogP contribution in [0.2, 0.25) is 0 Å². The van der Waals surface area contributed by atoms with E-state index in [1.807, 2.05) is 72.8 Å². The average molecular weight is 789 g/mol. The molecule has 0 bridgehead atoms. The number of ether oxygens (including phenoxy) is 2. The number of rotatable bonds is 8. The second-order valence-corrected chi connectivity index (χ2v) is 12.4. The van der Waals surface area contributed by atoms with Crippen LogP contribution in [0.1, 0.15) is 24.1 Å². The lowest BCUT2D eigenvalue weighted by Gasteiger charge is -2.25. The van der Waals surface area contributed by atoms with Crippen LogP contribution >= 0.6 is 56.5 Å². The topological polar surface area (TPSA) is 81.9 Å². The molecule has 0 radical (unpaired) electrons. The third-order valence-corrected chi connectivity index (χ3v) is 8.96. The first kappa shape index (κ1) is 29.3. The van der Waals surface area contributed by atoms with E-state index in [0.717, 1.165) is 24.0 Å². The van der Waals surface area contributed by atoms with Crippen LogP contribution in [-0.2, 0) is 4.79 Å². The minimum absolute atomic E-state index is 0.226. The molecule has 0 spiro atoms. The standard InChI is InChI=1S/C31H25I2N3O4S/c1-4-13-40-28-23(32)14-19(15-24(28)33)16-25-30(38)36-27(20-9-8-12-22(17-20)39-3)26(18(2)34-31(36)41-25)29(37)35-21-10-6-5-7-11-21/h4-12,14-17,27H,1,13H2,2-3H3,(H,35,37)/b25-16-. The van der Waals surface area contributed by atoms with Crippen molar-refractivity contribution < 1.29 is 14.3 Å². The van der Waals surface area contributed by atoms with Gasteiger partial charge in [-0.25, -0.2) is 4.99 Å². The highest BCUT2D eigenvalue weighted by Gasteiger charge is 2.32. The monoisotopic (exact) mass is 789 g/mol. The van der Waals surface area contributed by atoms with Gasteiger partial charge in [0.05, 0.1) is 36.1 Å². The second kappa shape index (κ2) is 12.7. The number of anilines is 1. The van der Waals surface area contributed by atoms with E-state index in [1.165, 1.54) is 11.3 Å². The maximum atomic E-state index is 14.0. The summed E-state index contributed by atoms with van der Waals surface area (Å²) in [5.41, 5.74) is 2.99. The molecule has 3 aromatic carbocycles. The van der Waals surface area contributed by atoms with Gasteiger partial charge in [-0.2, -0.15) is 0 Å². The fourth-order valence-electron chi connectivity index (χ4n) is 4.55. The normalized spacial score (nSPS) is 14.7. The molecule has 2 heterocycles. The molecule has 0 saturated carbocycles. The molecule has 1 amide bonds. The Morgan fingerprint density at radius 1 is 1.12 bits per heavy atom. The van der Waals surface area contributed by atoms with Gasteiger partial charge < -0.3 is 14.8 Å². The molecule has 10 heteroatoms. The van der Waals surface area contributed by atoms with Crippen molar-refractivity contribution in [1.29, 1.82) is 0 Å². The van der Waals surface area contributed by atoms with E-state index in [4.69, 9.17) is 14.5 Å². The number of para-hydroxylation sites is 1. The number of benzene rings is 3. The second-order valence-electron chi connectivity index (χ2n) is 9.09. The van der Waals surface area contributed by atoms with Gasteiger partial charge in [-0.3, -0.25) is 14.2 Å². The van der Waals surface area contributed by atoms with Crippen LogP contribution in [0.15, 0.2) is 100 Å². The smallest absolute Gasteiger partial charge is 0.271 e. The zero-order valence-electron chi connectivity index (χ0n) is 22.2. The molecule has 4 aromatic rings. The molecule has 7 nitrogen and oxygen atoms in total. The predicted molar refractivity (Wildman–Crippen MR) is 179 cm³/mol. The Hall–Kier alpha value is -3.23. The summed E-state index contributed by atoms with van der Waals surface area (Å²) in [6.07, 6.45) is 3.56. The number of nitrogens with one attached hydrogen (secondary N) is 1. The fourth-order valence-corrected chi connectivity index (χ4v) is 7.73. The van der Waals surface area contributed by atoms with Crippen LogP contribution in [0.5, 0.6) is 11.5 Å². The molecular weight excluding hydrogens is 764 g/mol. The zero-order valence-corrected chi connectivity index (χ0v) is 27.3. The molecule has 0 aliphatic carbocycles. The summed E-state index contributed by atoms with van der Waals surface area (Å²) in [5.74, 6) is 1.09. The van der Waals surface area contributed by atoms with Gasteiger partial charge in [0.1, 0.15) is 18.1 Å². The third-order valence-electron chi connectivity index (χ3n) is 6.37. The van der Waals surface area contributed by atoms with E-state index in [9.17, 15) is 9.59 Å². The number of fused-ring (bicyclic) bond motifs is 1. The molecule has 1 unspecified atom stereocenters. The molecule has 1 N–H and O–H groups in total. The molecule has 1 aromatic heterocycles. The van der Waals surface area contributed by atoms with Crippen LogP contribution in [0, 0.1) is 7.14 Å². The Bertz CT molecular complexity index is 1840. The lowest BCUT2D eigenvalue weighted by Crippen LogP contribution is -2.40. The van der Waals surface area contributed by atoms with Crippen molar-refractivity contribution in [3.8, 4) is 11.5 Å². The summed E-state index contributed by atoms with van der Waals surface area (Å²) in [5, 5.41) is 2.97. The Labute approximate surface area is 268 Å². The van der Waals surface area contributed by atoms with Crippen molar-refractivity contribution in [2.24, 2.45) is 4.99 Å². The lowest BCUT2D eigenvalue weighted by molar-refractivity contribution is -0.113. The number of halogens is 2. The van der Waals surface area contributed by atoms with Crippen molar-refractivity contribution in [3.63, 3.8) is 0 Å². The molecule has 0 saturated heterocycles. The number of aromatic nitrogens is 1. The number of carbonyl (C=O) groups is 1. The van der Waals surface area contributed by atoms with Crippen LogP contribution < -0.4 is 29.7 Å². The minimum Gasteiger partial charge on any atom is -0.497 e. The van der Waals surface area contributed by atoms with Crippen LogP contribution in [0.4, 0.5) is 5.69 Å². The summed E-state index contributed by atoms with van der Waals surface area (Å²) >= 11 is 5.76. The molecule has 1 atom stereocenters. The summed E-state index contributed by atoms with van der Waals surface area (Å²) in [6, 6.07) is 19.9. The maximum Gasteiger partial charge on any atom is 0.271 e. The van der Waals surface area contributed by atoms with Crippen LogP contribution in [0.25, 0.3) is 6.08 Å². The first-order chi connectivity index (χ1) is 19.8. The third kappa shape index (κ3) is 6.19. The van der Waals surface area contributed by atoms with E-state index in [0.29, 0.717) is 38.6 Å². The van der Waals surface area contributed by atoms with Gasteiger partial charge in [0, 0.05) is 5.69 Å². The largest absolute Gasteiger partial charge is 0.497 e. The van der Waals surface area contributed by atoms with Crippen molar-refractivity contribution in [2.45, 2.75) is 13.0 Å². The lowest BCUT2D eigenvalue weighted by atomic mass is 9.95. The number of methoxy groups -OCH3 is 1. The van der Waals surface area contributed by atoms with E-state index in [1.54, 1.807) is 24.7 Å². The first-order valence-corrected chi connectivity index (χ1v) is 15.5. The summed E-state index contributed by atoms with van der Waals surface area (Å²) in [7, 11) is 1.59. The summed E-state index contributed by atoms with van der Waals surface area (Å²) < 4.78 is 15.3. The number of carbonyl (C=O) groups excluding carboxylic acids is 1. The fraction of sp³-hybridized carbons (Fsp3) is 0.129. The van der Waals surface area contributed by atoms with Gasteiger partial charge in [0.15, 0.2) is 4.80 Å². The van der Waals surface area contributed by atoms with Crippen molar-refractivity contribution in [2.75, 3.05) is 19.0 Å². The zero-order chi connectivity index (χ0) is 29.1. The van der Waals surface area contributed by atoms with E-state index >= 15 is 0 Å². The number of hydrogen-bond acceptors (Lipinski definition) is 6. The van der Waals surface area contributed by atoms with Gasteiger partial charge >= 0.3 is 0 Å². The highest BCUT2D eigenvalue weighted by atomic mass is 127. The van der Waals surface area contributed by atoms with Crippen molar-refractivity contribution in [1.82, 2.24) is 4.57 Å². The highest BCUT2D eigenvalue weighted by Crippen LogP contribution is 2.33. The molecular formula is C31H25I2N3O4S. The SMILES string of the molecule is C=CCOc1c(I)cc(/C=c2\sc3n(c2=O)C(c2cccc(OC)c2)C(C(=O)Nc2ccccc2)=C(C)N=3)cc1I. The van der Waals surface area contributed by atoms with Gasteiger partial charge in [-0.15, -0.1) is 0 Å². The quantitative estimate of drug-likeness (QED) is 0.185. The van der Waals surface area contributed by atoms with E-state index in [-0.39, 0.29) is 11.5 Å². The number of hydrogen-bond donors (Lipinski definition) is 1. The van der Waals surface area contributed by atoms with E-state index < -0.39 is 6.04 Å². The van der Waals surface area contributed by atoms with E-state index in [2.05, 4.69) is 57.1 Å². The number of thiazole rings is 1.